The van der Waals surface area contributed by atoms with Gasteiger partial charge in [-0.3, -0.25) is 33.6 Å². The molecule has 1 aromatic carbocycles. The standard InChI is InChI=1S/C43H54O16/c1-20(2)35(49)55-30-27-17-39(9,57-24(7)46)28(27)31-41(11)38(54-23(6)45)43(58-25(8)47)18-40(10,59-37(51)26-15-13-12-14-16-26)33(56-36(50)21(3)4)29(43)34(53-22(5)44)42(31,19-52-41)32(30)48/h12-16,20-21,27-31,33-34,38H,17-19H2,1-11H3/t27-,28+,29-,30-,31+,33-,34-,38+,39+,40+,41+,42+,43-/m1/s1. The fourth-order valence-corrected chi connectivity index (χ4v) is 11.2. The van der Waals surface area contributed by atoms with E-state index in [9.17, 15) is 33.6 Å². The molecule has 16 heteroatoms. The first-order chi connectivity index (χ1) is 27.4. The van der Waals surface area contributed by atoms with E-state index in [2.05, 4.69) is 0 Å². The van der Waals surface area contributed by atoms with Gasteiger partial charge in [0.1, 0.15) is 17.3 Å². The monoisotopic (exact) mass is 826 g/mol. The van der Waals surface area contributed by atoms with Gasteiger partial charge < -0.3 is 37.9 Å². The molecule has 0 amide bonds. The second-order valence-corrected chi connectivity index (χ2v) is 18.0. The van der Waals surface area contributed by atoms with Gasteiger partial charge in [0, 0.05) is 51.9 Å². The number of Topliss-reactive ketones (excluding diaryl/α,β-unsaturated/α-hetero) is 1. The highest BCUT2D eigenvalue weighted by atomic mass is 16.6. The number of hydrogen-bond donors (Lipinski definition) is 0. The van der Waals surface area contributed by atoms with E-state index in [0.29, 0.717) is 0 Å². The molecular weight excluding hydrogens is 772 g/mol. The third-order valence-electron chi connectivity index (χ3n) is 13.0. The van der Waals surface area contributed by atoms with Crippen LogP contribution in [-0.2, 0) is 71.5 Å². The minimum Gasteiger partial charge on any atom is -0.461 e. The van der Waals surface area contributed by atoms with E-state index in [1.807, 2.05) is 0 Å². The van der Waals surface area contributed by atoms with Crippen LogP contribution in [0.2, 0.25) is 0 Å². The van der Waals surface area contributed by atoms with Crippen LogP contribution in [0, 0.1) is 40.9 Å². The smallest absolute Gasteiger partial charge is 0.338 e. The predicted molar refractivity (Wildman–Crippen MR) is 200 cm³/mol. The van der Waals surface area contributed by atoms with Gasteiger partial charge >= 0.3 is 41.8 Å². The minimum atomic E-state index is -2.23. The van der Waals surface area contributed by atoms with Gasteiger partial charge in [0.15, 0.2) is 35.3 Å². The van der Waals surface area contributed by atoms with Crippen molar-refractivity contribution in [2.45, 2.75) is 136 Å². The maximum Gasteiger partial charge on any atom is 0.338 e. The largest absolute Gasteiger partial charge is 0.461 e. The van der Waals surface area contributed by atoms with Gasteiger partial charge in [-0.1, -0.05) is 45.9 Å². The second-order valence-electron chi connectivity index (χ2n) is 18.0. The lowest BCUT2D eigenvalue weighted by Gasteiger charge is -2.64. The summed E-state index contributed by atoms with van der Waals surface area (Å²) in [5.41, 5.74) is -9.27. The Morgan fingerprint density at radius 3 is 1.80 bits per heavy atom. The molecule has 59 heavy (non-hydrogen) atoms. The minimum absolute atomic E-state index is 0.0821. The van der Waals surface area contributed by atoms with Gasteiger partial charge in [0.25, 0.3) is 0 Å². The molecule has 1 aromatic rings. The SMILES string of the molecule is CC(=O)O[C@@H]1[C@H]2[C@@H](OC(=O)C(C)C)[C@@](C)(OC(=O)c3ccccc3)C[C@]2(OC(C)=O)[C@@H](OC(C)=O)[C@@]2(C)OC[C@]13C(=O)[C@H](OC(=O)C(C)C)[C@@H]1C[C@](C)(OC(C)=O)[C@@H]1[C@@H]23. The normalized spacial score (nSPS) is 39.0. The zero-order valence-corrected chi connectivity index (χ0v) is 35.3. The van der Waals surface area contributed by atoms with Crippen molar-refractivity contribution in [3.8, 4) is 0 Å². The van der Waals surface area contributed by atoms with Crippen LogP contribution in [0.15, 0.2) is 30.3 Å². The molecule has 322 valence electrons. The fourth-order valence-electron chi connectivity index (χ4n) is 11.2. The number of carbonyl (C=O) groups excluding carboxylic acids is 8. The molecule has 0 unspecified atom stereocenters. The van der Waals surface area contributed by atoms with E-state index in [-0.39, 0.29) is 12.0 Å². The van der Waals surface area contributed by atoms with Gasteiger partial charge in [-0.05, 0) is 39.3 Å². The number of benzene rings is 1. The summed E-state index contributed by atoms with van der Waals surface area (Å²) in [4.78, 5) is 110. The van der Waals surface area contributed by atoms with Gasteiger partial charge in [0.05, 0.1) is 35.3 Å². The van der Waals surface area contributed by atoms with Crippen LogP contribution in [0.25, 0.3) is 0 Å². The first-order valence-corrected chi connectivity index (χ1v) is 20.0. The molecule has 0 aromatic heterocycles. The number of ketones is 1. The average molecular weight is 827 g/mol. The quantitative estimate of drug-likeness (QED) is 0.242. The van der Waals surface area contributed by atoms with Crippen molar-refractivity contribution in [2.24, 2.45) is 40.9 Å². The number of carbonyl (C=O) groups is 8. The Morgan fingerprint density at radius 2 is 1.25 bits per heavy atom. The van der Waals surface area contributed by atoms with Crippen molar-refractivity contribution >= 4 is 47.6 Å². The Morgan fingerprint density at radius 1 is 0.678 bits per heavy atom. The molecular formula is C43H54O16. The number of ether oxygens (including phenoxy) is 8. The highest BCUT2D eigenvalue weighted by Crippen LogP contribution is 2.73. The Hall–Kier alpha value is -4.86. The number of fused-ring (bicyclic) bond motifs is 2. The Bertz CT molecular complexity index is 1940. The lowest BCUT2D eigenvalue weighted by Crippen LogP contribution is -2.75. The van der Waals surface area contributed by atoms with Crippen molar-refractivity contribution in [3.05, 3.63) is 35.9 Å². The summed E-state index contributed by atoms with van der Waals surface area (Å²) in [7, 11) is 0. The zero-order chi connectivity index (χ0) is 43.8. The molecule has 0 radical (unpaired) electrons. The number of hydrogen-bond acceptors (Lipinski definition) is 16. The first kappa shape index (κ1) is 43.7. The topological polar surface area (TPSA) is 210 Å². The summed E-state index contributed by atoms with van der Waals surface area (Å²) in [5.74, 6) is -12.2. The number of rotatable bonds is 10. The van der Waals surface area contributed by atoms with Gasteiger partial charge in [-0.15, -0.1) is 0 Å². The van der Waals surface area contributed by atoms with Crippen LogP contribution in [-0.4, -0.2) is 101 Å². The van der Waals surface area contributed by atoms with Crippen LogP contribution in [0.1, 0.15) is 99.4 Å². The summed E-state index contributed by atoms with van der Waals surface area (Å²) in [6.45, 7) is 15.1. The van der Waals surface area contributed by atoms with Gasteiger partial charge in [-0.2, -0.15) is 0 Å². The Kier molecular flexibility index (Phi) is 11.1. The highest BCUT2D eigenvalue weighted by molar-refractivity contribution is 5.95. The molecule has 5 fully saturated rings. The Labute approximate surface area is 342 Å². The van der Waals surface area contributed by atoms with E-state index in [1.165, 1.54) is 26.0 Å². The molecule has 4 aliphatic carbocycles. The maximum absolute atomic E-state index is 15.7. The average Bonchev–Trinajstić information content (AvgIpc) is 3.53. The maximum atomic E-state index is 15.7. The van der Waals surface area contributed by atoms with Crippen molar-refractivity contribution < 1.29 is 76.3 Å². The van der Waals surface area contributed by atoms with Crippen molar-refractivity contribution in [1.82, 2.24) is 0 Å². The highest BCUT2D eigenvalue weighted by Gasteiger charge is 2.88. The molecule has 2 bridgehead atoms. The van der Waals surface area contributed by atoms with Crippen molar-refractivity contribution in [3.63, 3.8) is 0 Å². The van der Waals surface area contributed by atoms with Crippen molar-refractivity contribution in [2.75, 3.05) is 6.61 Å². The molecule has 1 aliphatic heterocycles. The fraction of sp³-hybridized carbons (Fsp3) is 0.674. The first-order valence-electron chi connectivity index (χ1n) is 20.0. The molecule has 6 rings (SSSR count). The molecule has 1 saturated heterocycles. The van der Waals surface area contributed by atoms with E-state index in [0.717, 1.165) is 20.8 Å². The summed E-state index contributed by atoms with van der Waals surface area (Å²) in [5, 5.41) is 0. The van der Waals surface area contributed by atoms with Gasteiger partial charge in [-0.25, -0.2) is 4.79 Å². The van der Waals surface area contributed by atoms with E-state index in [1.54, 1.807) is 59.7 Å². The lowest BCUT2D eigenvalue weighted by molar-refractivity contribution is -0.262. The zero-order valence-electron chi connectivity index (χ0n) is 35.3. The van der Waals surface area contributed by atoms with E-state index in [4.69, 9.17) is 37.9 Å². The Balaban J connectivity index is 1.71. The summed E-state index contributed by atoms with van der Waals surface area (Å²) >= 11 is 0. The lowest BCUT2D eigenvalue weighted by atomic mass is 9.42. The van der Waals surface area contributed by atoms with E-state index < -0.39 is 148 Å². The molecule has 0 spiro atoms. The molecule has 13 atom stereocenters. The number of esters is 7. The third-order valence-corrected chi connectivity index (χ3v) is 13.0. The summed E-state index contributed by atoms with van der Waals surface area (Å²) in [6, 6.07) is 7.94. The second kappa shape index (κ2) is 15.0. The molecule has 16 nitrogen and oxygen atoms in total. The molecule has 5 aliphatic rings. The van der Waals surface area contributed by atoms with Crippen LogP contribution in [0.5, 0.6) is 0 Å². The summed E-state index contributed by atoms with van der Waals surface area (Å²) < 4.78 is 50.3. The molecule has 1 heterocycles. The molecule has 0 N–H and O–H groups in total. The van der Waals surface area contributed by atoms with Crippen LogP contribution >= 0.6 is 0 Å². The van der Waals surface area contributed by atoms with Gasteiger partial charge in [0.2, 0.25) is 0 Å². The van der Waals surface area contributed by atoms with E-state index >= 15 is 4.79 Å². The van der Waals surface area contributed by atoms with Crippen molar-refractivity contribution in [1.29, 1.82) is 0 Å². The predicted octanol–water partition coefficient (Wildman–Crippen LogP) is 3.87. The molecule has 4 saturated carbocycles. The van der Waals surface area contributed by atoms with Crippen LogP contribution in [0.3, 0.4) is 0 Å². The van der Waals surface area contributed by atoms with Crippen LogP contribution in [0.4, 0.5) is 0 Å². The summed E-state index contributed by atoms with van der Waals surface area (Å²) in [6.07, 6.45) is -7.04. The third kappa shape index (κ3) is 6.88. The van der Waals surface area contributed by atoms with Crippen LogP contribution < -0.4 is 0 Å².